The van der Waals surface area contributed by atoms with Crippen LogP contribution in [0, 0.1) is 17.6 Å². The predicted octanol–water partition coefficient (Wildman–Crippen LogP) is 7.85. The van der Waals surface area contributed by atoms with Gasteiger partial charge in [0.25, 0.3) is 6.08 Å². The van der Waals surface area contributed by atoms with Gasteiger partial charge in [0, 0.05) is 5.56 Å². The van der Waals surface area contributed by atoms with E-state index >= 15 is 0 Å². The highest BCUT2D eigenvalue weighted by Crippen LogP contribution is 2.46. The number of rotatable bonds is 6. The van der Waals surface area contributed by atoms with Crippen LogP contribution in [0.3, 0.4) is 0 Å². The van der Waals surface area contributed by atoms with Crippen LogP contribution in [0.4, 0.5) is 17.6 Å². The molecule has 2 fully saturated rings. The first-order chi connectivity index (χ1) is 12.5. The van der Waals surface area contributed by atoms with Gasteiger partial charge in [-0.15, -0.1) is 0 Å². The smallest absolute Gasteiger partial charge is 0.207 e. The predicted molar refractivity (Wildman–Crippen MR) is 96.4 cm³/mol. The second-order valence-corrected chi connectivity index (χ2v) is 8.08. The van der Waals surface area contributed by atoms with Gasteiger partial charge in [0.15, 0.2) is 0 Å². The molecule has 4 heteroatoms. The Morgan fingerprint density at radius 1 is 0.923 bits per heavy atom. The topological polar surface area (TPSA) is 0 Å². The van der Waals surface area contributed by atoms with Gasteiger partial charge in [0.05, 0.1) is 0 Å². The average molecular weight is 368 g/mol. The van der Waals surface area contributed by atoms with Crippen LogP contribution in [0.25, 0.3) is 0 Å². The monoisotopic (exact) mass is 368 g/mol. The summed E-state index contributed by atoms with van der Waals surface area (Å²) in [4.78, 5) is 0. The van der Waals surface area contributed by atoms with Crippen LogP contribution in [0.1, 0.15) is 94.1 Å². The van der Waals surface area contributed by atoms with Crippen molar-refractivity contribution in [1.82, 2.24) is 0 Å². The molecule has 0 amide bonds. The van der Waals surface area contributed by atoms with E-state index in [1.807, 2.05) is 0 Å². The molecule has 2 aliphatic rings. The van der Waals surface area contributed by atoms with Gasteiger partial charge in [-0.25, -0.2) is 8.78 Å². The minimum Gasteiger partial charge on any atom is -0.207 e. The molecule has 0 aliphatic heterocycles. The van der Waals surface area contributed by atoms with Gasteiger partial charge in [-0.1, -0.05) is 32.6 Å². The maximum absolute atomic E-state index is 14.5. The number of allylic oxidation sites excluding steroid dienone is 1. The third-order valence-corrected chi connectivity index (χ3v) is 6.30. The van der Waals surface area contributed by atoms with Gasteiger partial charge in [-0.3, -0.25) is 0 Å². The molecule has 0 unspecified atom stereocenters. The Balaban J connectivity index is 1.61. The molecule has 0 N–H and O–H groups in total. The molecule has 2 aliphatic carbocycles. The maximum atomic E-state index is 14.5. The fourth-order valence-electron chi connectivity index (χ4n) is 4.59. The molecule has 0 radical (unpaired) electrons. The highest BCUT2D eigenvalue weighted by atomic mass is 19.3. The summed E-state index contributed by atoms with van der Waals surface area (Å²) in [6, 6.07) is 2.90. The lowest BCUT2D eigenvalue weighted by Gasteiger charge is -2.31. The summed E-state index contributed by atoms with van der Waals surface area (Å²) in [5.74, 6) is -0.602. The van der Waals surface area contributed by atoms with E-state index in [-0.39, 0.29) is 29.9 Å². The molecule has 0 heterocycles. The molecule has 0 atom stereocenters. The molecule has 26 heavy (non-hydrogen) atoms. The molecule has 1 aromatic rings. The van der Waals surface area contributed by atoms with E-state index in [2.05, 4.69) is 6.92 Å². The number of halogens is 4. The summed E-state index contributed by atoms with van der Waals surface area (Å²) in [7, 11) is 0. The minimum atomic E-state index is -1.70. The maximum Gasteiger partial charge on any atom is 0.269 e. The van der Waals surface area contributed by atoms with Crippen molar-refractivity contribution < 1.29 is 17.6 Å². The summed E-state index contributed by atoms with van der Waals surface area (Å²) < 4.78 is 54.0. The van der Waals surface area contributed by atoms with Crippen LogP contribution in [0.2, 0.25) is 0 Å². The summed E-state index contributed by atoms with van der Waals surface area (Å²) in [6.45, 7) is 2.21. The normalized spacial score (nSPS) is 25.9. The fourth-order valence-corrected chi connectivity index (χ4v) is 4.59. The molecular weight excluding hydrogens is 340 g/mol. The molecular formula is C22H28F4. The van der Waals surface area contributed by atoms with Gasteiger partial charge in [-0.2, -0.15) is 8.78 Å². The SMILES string of the molecule is CCCCCC1CCC(c2cc(F)c(C3CC(=C(F)F)C3)c(F)c2)CC1. The molecule has 2 saturated carbocycles. The summed E-state index contributed by atoms with van der Waals surface area (Å²) in [5.41, 5.74) is 0.758. The van der Waals surface area contributed by atoms with Crippen molar-refractivity contribution in [3.05, 3.63) is 46.5 Å². The molecule has 0 bridgehead atoms. The Hall–Kier alpha value is -1.32. The quantitative estimate of drug-likeness (QED) is 0.354. The van der Waals surface area contributed by atoms with Crippen LogP contribution in [-0.2, 0) is 0 Å². The van der Waals surface area contributed by atoms with Crippen LogP contribution in [0.5, 0.6) is 0 Å². The van der Waals surface area contributed by atoms with Crippen LogP contribution in [0.15, 0.2) is 23.8 Å². The Morgan fingerprint density at radius 3 is 2.08 bits per heavy atom. The minimum absolute atomic E-state index is 0.00741. The van der Waals surface area contributed by atoms with Crippen LogP contribution >= 0.6 is 0 Å². The third kappa shape index (κ3) is 4.32. The van der Waals surface area contributed by atoms with Gasteiger partial charge >= 0.3 is 0 Å². The van der Waals surface area contributed by atoms with Crippen LogP contribution < -0.4 is 0 Å². The Labute approximate surface area is 153 Å². The van der Waals surface area contributed by atoms with Crippen molar-refractivity contribution in [3.8, 4) is 0 Å². The number of unbranched alkanes of at least 4 members (excludes halogenated alkanes) is 2. The molecule has 0 nitrogen and oxygen atoms in total. The zero-order chi connectivity index (χ0) is 18.7. The average Bonchev–Trinajstić information content (AvgIpc) is 2.56. The van der Waals surface area contributed by atoms with E-state index in [1.165, 1.54) is 37.8 Å². The second kappa shape index (κ2) is 8.58. The van der Waals surface area contributed by atoms with E-state index in [1.54, 1.807) is 0 Å². The van der Waals surface area contributed by atoms with Crippen molar-refractivity contribution in [2.75, 3.05) is 0 Å². The standard InChI is InChI=1S/C22H28F4/c1-2-3-4-5-14-6-8-15(9-7-14)16-12-19(23)21(20(24)13-16)17-10-18(11-17)22(25)26/h12-15,17H,2-11H2,1H3. The zero-order valence-electron chi connectivity index (χ0n) is 15.5. The number of hydrogen-bond acceptors (Lipinski definition) is 0. The molecule has 3 rings (SSSR count). The van der Waals surface area contributed by atoms with Crippen molar-refractivity contribution >= 4 is 0 Å². The second-order valence-electron chi connectivity index (χ2n) is 8.08. The van der Waals surface area contributed by atoms with Gasteiger partial charge < -0.3 is 0 Å². The van der Waals surface area contributed by atoms with Crippen molar-refractivity contribution in [3.63, 3.8) is 0 Å². The molecule has 0 spiro atoms. The largest absolute Gasteiger partial charge is 0.269 e. The van der Waals surface area contributed by atoms with Crippen molar-refractivity contribution in [2.24, 2.45) is 5.92 Å². The lowest BCUT2D eigenvalue weighted by atomic mass is 9.74. The fraction of sp³-hybridized carbons (Fsp3) is 0.636. The summed E-state index contributed by atoms with van der Waals surface area (Å²) in [5, 5.41) is 0. The van der Waals surface area contributed by atoms with Crippen molar-refractivity contribution in [1.29, 1.82) is 0 Å². The number of hydrogen-bond donors (Lipinski definition) is 0. The van der Waals surface area contributed by atoms with Crippen LogP contribution in [-0.4, -0.2) is 0 Å². The molecule has 144 valence electrons. The molecule has 0 aromatic heterocycles. The summed E-state index contributed by atoms with van der Waals surface area (Å²) in [6.07, 6.45) is 7.73. The number of benzene rings is 1. The van der Waals surface area contributed by atoms with E-state index in [4.69, 9.17) is 0 Å². The van der Waals surface area contributed by atoms with E-state index in [0.717, 1.165) is 37.2 Å². The first-order valence-corrected chi connectivity index (χ1v) is 10.0. The zero-order valence-corrected chi connectivity index (χ0v) is 15.5. The lowest BCUT2D eigenvalue weighted by Crippen LogP contribution is -2.18. The van der Waals surface area contributed by atoms with E-state index in [0.29, 0.717) is 0 Å². The van der Waals surface area contributed by atoms with Crippen molar-refractivity contribution in [2.45, 2.75) is 83.0 Å². The Morgan fingerprint density at radius 2 is 1.54 bits per heavy atom. The first kappa shape index (κ1) is 19.4. The molecule has 0 saturated heterocycles. The highest BCUT2D eigenvalue weighted by Gasteiger charge is 2.33. The highest BCUT2D eigenvalue weighted by molar-refractivity contribution is 5.36. The van der Waals surface area contributed by atoms with Gasteiger partial charge in [0.2, 0.25) is 0 Å². The summed E-state index contributed by atoms with van der Waals surface area (Å²) >= 11 is 0. The Kier molecular flexibility index (Phi) is 6.42. The third-order valence-electron chi connectivity index (χ3n) is 6.30. The van der Waals surface area contributed by atoms with E-state index < -0.39 is 23.6 Å². The van der Waals surface area contributed by atoms with Gasteiger partial charge in [0.1, 0.15) is 11.6 Å². The lowest BCUT2D eigenvalue weighted by molar-refractivity contribution is 0.301. The molecule has 1 aromatic carbocycles. The van der Waals surface area contributed by atoms with E-state index in [9.17, 15) is 17.6 Å². The Bertz CT molecular complexity index is 621. The van der Waals surface area contributed by atoms with Gasteiger partial charge in [-0.05, 0) is 79.5 Å². The first-order valence-electron chi connectivity index (χ1n) is 10.0.